The minimum atomic E-state index is -4.75. The molecule has 3 N–H and O–H groups in total. The van der Waals surface area contributed by atoms with Gasteiger partial charge in [0.1, 0.15) is 5.82 Å². The molecule has 3 aromatic rings. The Kier molecular flexibility index (Phi) is 7.80. The average Bonchev–Trinajstić information content (AvgIpc) is 3.35. The van der Waals surface area contributed by atoms with Crippen molar-refractivity contribution >= 4 is 16.0 Å². The van der Waals surface area contributed by atoms with Gasteiger partial charge in [-0.25, -0.2) is 4.39 Å². The van der Waals surface area contributed by atoms with Crippen molar-refractivity contribution in [1.29, 1.82) is 0 Å². The first-order chi connectivity index (χ1) is 18.3. The van der Waals surface area contributed by atoms with Crippen molar-refractivity contribution in [3.63, 3.8) is 0 Å². The number of carbonyl (C=O) groups excluding carboxylic acids is 1. The van der Waals surface area contributed by atoms with Gasteiger partial charge in [-0.2, -0.15) is 26.7 Å². The van der Waals surface area contributed by atoms with E-state index < -0.39 is 74.1 Å². The van der Waals surface area contributed by atoms with E-state index in [-0.39, 0.29) is 24.1 Å². The molecule has 1 fully saturated rings. The maximum atomic E-state index is 13.8. The summed E-state index contributed by atoms with van der Waals surface area (Å²) < 4.78 is 88.8. The molecule has 208 valence electrons. The molecule has 9 nitrogen and oxygen atoms in total. The molecule has 1 saturated heterocycles. The number of benzene rings is 2. The predicted molar refractivity (Wildman–Crippen MR) is 130 cm³/mol. The summed E-state index contributed by atoms with van der Waals surface area (Å²) in [6.45, 7) is 0.0561. The standard InChI is InChI=1S/C25H23F4N3O6S/c26-17-8-6-14(7-9-17)21(15-3-1-4-16(11-15)25(27,28)29)18(13-39(36,37)38)19-5-2-10-32(19)24(35)22-23(34)20(33)12-30-31-22/h1,3-4,6-9,11-12,18-19,21H,2,5,10,13H2,(H,30,34)(H,31,33)(H,36,37,38)/t18-,19+,21+/m0/s1. The van der Waals surface area contributed by atoms with Gasteiger partial charge < -0.3 is 10.0 Å². The molecule has 0 spiro atoms. The number of aromatic hydroxyl groups is 1. The fourth-order valence-corrected chi connectivity index (χ4v) is 6.01. The van der Waals surface area contributed by atoms with E-state index in [4.69, 9.17) is 0 Å². The van der Waals surface area contributed by atoms with E-state index in [9.17, 15) is 45.2 Å². The second-order valence-electron chi connectivity index (χ2n) is 9.23. The first kappa shape index (κ1) is 28.2. The third kappa shape index (κ3) is 6.28. The highest BCUT2D eigenvalue weighted by molar-refractivity contribution is 7.85. The Morgan fingerprint density at radius 1 is 1.15 bits per heavy atom. The van der Waals surface area contributed by atoms with Crippen molar-refractivity contribution < 1.29 is 40.4 Å². The minimum Gasteiger partial charge on any atom is -0.502 e. The maximum absolute atomic E-state index is 13.8. The summed E-state index contributed by atoms with van der Waals surface area (Å²) in [5.74, 6) is -5.74. The van der Waals surface area contributed by atoms with Crippen LogP contribution in [0.2, 0.25) is 0 Å². The second kappa shape index (κ2) is 10.8. The van der Waals surface area contributed by atoms with E-state index in [1.54, 1.807) is 0 Å². The fraction of sp³-hybridized carbons (Fsp3) is 0.320. The number of nitrogens with zero attached hydrogens (tertiary/aromatic N) is 2. The van der Waals surface area contributed by atoms with Crippen LogP contribution in [0.4, 0.5) is 17.6 Å². The van der Waals surface area contributed by atoms with Gasteiger partial charge in [0.2, 0.25) is 5.43 Å². The largest absolute Gasteiger partial charge is 0.502 e. The zero-order valence-corrected chi connectivity index (χ0v) is 20.9. The van der Waals surface area contributed by atoms with Crippen molar-refractivity contribution in [3.8, 4) is 5.75 Å². The van der Waals surface area contributed by atoms with Crippen molar-refractivity contribution in [1.82, 2.24) is 15.1 Å². The molecule has 39 heavy (non-hydrogen) atoms. The molecular weight excluding hydrogens is 546 g/mol. The number of H-pyrrole nitrogens is 1. The summed E-state index contributed by atoms with van der Waals surface area (Å²) >= 11 is 0. The van der Waals surface area contributed by atoms with Crippen LogP contribution in [0.1, 0.15) is 45.9 Å². The van der Waals surface area contributed by atoms with Crippen molar-refractivity contribution in [2.24, 2.45) is 5.92 Å². The molecule has 1 aliphatic rings. The van der Waals surface area contributed by atoms with Crippen LogP contribution in [0, 0.1) is 11.7 Å². The zero-order valence-electron chi connectivity index (χ0n) is 20.1. The number of halogens is 4. The van der Waals surface area contributed by atoms with Crippen LogP contribution in [-0.2, 0) is 16.3 Å². The minimum absolute atomic E-state index is 0.0296. The van der Waals surface area contributed by atoms with Gasteiger partial charge in [-0.3, -0.25) is 19.2 Å². The summed E-state index contributed by atoms with van der Waals surface area (Å²) in [6.07, 6.45) is -3.43. The molecule has 0 saturated carbocycles. The highest BCUT2D eigenvalue weighted by Crippen LogP contribution is 2.42. The van der Waals surface area contributed by atoms with Crippen LogP contribution in [-0.4, -0.2) is 57.4 Å². The number of alkyl halides is 3. The predicted octanol–water partition coefficient (Wildman–Crippen LogP) is 3.57. The molecule has 1 aromatic heterocycles. The molecule has 0 radical (unpaired) electrons. The molecule has 2 heterocycles. The number of likely N-dealkylation sites (tertiary alicyclic amines) is 1. The number of aromatic nitrogens is 2. The van der Waals surface area contributed by atoms with Crippen LogP contribution in [0.25, 0.3) is 0 Å². The van der Waals surface area contributed by atoms with Crippen LogP contribution in [0.15, 0.2) is 59.5 Å². The topological polar surface area (TPSA) is 141 Å². The van der Waals surface area contributed by atoms with Gasteiger partial charge in [0, 0.05) is 24.4 Å². The number of carbonyl (C=O) groups is 1. The normalized spacial score (nSPS) is 17.7. The van der Waals surface area contributed by atoms with E-state index in [0.717, 1.165) is 36.5 Å². The lowest BCUT2D eigenvalue weighted by molar-refractivity contribution is -0.137. The molecule has 1 aliphatic heterocycles. The van der Waals surface area contributed by atoms with Gasteiger partial charge in [-0.05, 0) is 42.2 Å². The monoisotopic (exact) mass is 569 g/mol. The Morgan fingerprint density at radius 2 is 1.85 bits per heavy atom. The molecule has 4 rings (SSSR count). The lowest BCUT2D eigenvalue weighted by Gasteiger charge is -2.37. The maximum Gasteiger partial charge on any atom is 0.416 e. The molecule has 14 heteroatoms. The average molecular weight is 570 g/mol. The molecular formula is C25H23F4N3O6S. The lowest BCUT2D eigenvalue weighted by atomic mass is 9.76. The van der Waals surface area contributed by atoms with Crippen LogP contribution in [0.5, 0.6) is 5.75 Å². The van der Waals surface area contributed by atoms with Gasteiger partial charge in [-0.15, -0.1) is 0 Å². The first-order valence-electron chi connectivity index (χ1n) is 11.7. The fourth-order valence-electron chi connectivity index (χ4n) is 5.11. The van der Waals surface area contributed by atoms with Crippen LogP contribution < -0.4 is 5.43 Å². The third-order valence-electron chi connectivity index (χ3n) is 6.73. The van der Waals surface area contributed by atoms with Gasteiger partial charge in [-0.1, -0.05) is 30.3 Å². The van der Waals surface area contributed by atoms with Crippen molar-refractivity contribution in [2.45, 2.75) is 31.0 Å². The number of hydrogen-bond donors (Lipinski definition) is 3. The van der Waals surface area contributed by atoms with Gasteiger partial charge in [0.25, 0.3) is 16.0 Å². The molecule has 2 aromatic carbocycles. The van der Waals surface area contributed by atoms with Crippen LogP contribution in [0.3, 0.4) is 0 Å². The molecule has 0 aliphatic carbocycles. The summed E-state index contributed by atoms with van der Waals surface area (Å²) in [4.78, 5) is 26.4. The lowest BCUT2D eigenvalue weighted by Crippen LogP contribution is -2.45. The van der Waals surface area contributed by atoms with Gasteiger partial charge in [0.05, 0.1) is 17.5 Å². The third-order valence-corrected chi connectivity index (χ3v) is 7.54. The van der Waals surface area contributed by atoms with E-state index in [0.29, 0.717) is 6.42 Å². The van der Waals surface area contributed by atoms with E-state index in [1.807, 2.05) is 0 Å². The number of nitrogens with one attached hydrogen (secondary N) is 1. The summed E-state index contributed by atoms with van der Waals surface area (Å²) in [7, 11) is -4.75. The Bertz CT molecular complexity index is 1530. The molecule has 3 atom stereocenters. The Morgan fingerprint density at radius 3 is 2.49 bits per heavy atom. The van der Waals surface area contributed by atoms with E-state index in [1.165, 1.54) is 23.1 Å². The summed E-state index contributed by atoms with van der Waals surface area (Å²) in [5.41, 5.74) is -2.20. The highest BCUT2D eigenvalue weighted by atomic mass is 32.2. The number of hydrogen-bond acceptors (Lipinski definition) is 6. The molecule has 1 amide bonds. The Hall–Kier alpha value is -3.78. The van der Waals surface area contributed by atoms with Gasteiger partial charge in [0.15, 0.2) is 11.4 Å². The summed E-state index contributed by atoms with van der Waals surface area (Å²) in [6, 6.07) is 7.93. The quantitative estimate of drug-likeness (QED) is 0.292. The van der Waals surface area contributed by atoms with E-state index in [2.05, 4.69) is 10.2 Å². The highest BCUT2D eigenvalue weighted by Gasteiger charge is 2.43. The molecule has 0 bridgehead atoms. The zero-order chi connectivity index (χ0) is 28.5. The number of rotatable bonds is 7. The SMILES string of the molecule is O=C(c1[nH]ncc(=O)c1O)N1CCC[C@@H]1[C@H](CS(=O)(=O)O)[C@H](c1ccc(F)cc1)c1cccc(C(F)(F)F)c1. The summed E-state index contributed by atoms with van der Waals surface area (Å²) in [5, 5.41) is 15.9. The number of amides is 1. The second-order valence-corrected chi connectivity index (χ2v) is 10.7. The number of aromatic amines is 1. The molecule has 0 unspecified atom stereocenters. The Labute approximate surface area is 219 Å². The van der Waals surface area contributed by atoms with Crippen molar-refractivity contribution in [2.75, 3.05) is 12.3 Å². The Balaban J connectivity index is 1.88. The first-order valence-corrected chi connectivity index (χ1v) is 13.3. The van der Waals surface area contributed by atoms with E-state index >= 15 is 0 Å². The smallest absolute Gasteiger partial charge is 0.416 e. The van der Waals surface area contributed by atoms with Crippen molar-refractivity contribution in [3.05, 3.63) is 93.2 Å². The van der Waals surface area contributed by atoms with Gasteiger partial charge >= 0.3 is 6.18 Å². The van der Waals surface area contributed by atoms with Crippen LogP contribution >= 0.6 is 0 Å².